The van der Waals surface area contributed by atoms with Crippen LogP contribution in [0.4, 0.5) is 8.78 Å². The average Bonchev–Trinajstić information content (AvgIpc) is 2.95. The van der Waals surface area contributed by atoms with E-state index in [-0.39, 0.29) is 17.7 Å². The predicted molar refractivity (Wildman–Crippen MR) is 79.2 cm³/mol. The first-order valence-electron chi connectivity index (χ1n) is 7.58. The molecule has 3 rings (SSSR count). The molecule has 1 N–H and O–H groups in total. The lowest BCUT2D eigenvalue weighted by Crippen LogP contribution is -2.43. The third kappa shape index (κ3) is 2.88. The second-order valence-electron chi connectivity index (χ2n) is 6.01. The monoisotopic (exact) mass is 307 g/mol. The zero-order valence-corrected chi connectivity index (χ0v) is 12.4. The molecule has 0 radical (unpaired) electrons. The van der Waals surface area contributed by atoms with Crippen LogP contribution in [0.5, 0.6) is 0 Å². The molecular formula is C16H19F2N3O. The van der Waals surface area contributed by atoms with Crippen LogP contribution in [0.25, 0.3) is 0 Å². The number of halogens is 2. The molecule has 2 aliphatic heterocycles. The van der Waals surface area contributed by atoms with Gasteiger partial charge in [-0.05, 0) is 43.1 Å². The van der Waals surface area contributed by atoms with E-state index in [0.29, 0.717) is 12.0 Å². The Morgan fingerprint density at radius 2 is 2.05 bits per heavy atom. The Kier molecular flexibility index (Phi) is 4.20. The first-order valence-corrected chi connectivity index (χ1v) is 7.58. The summed E-state index contributed by atoms with van der Waals surface area (Å²) in [5.41, 5.74) is 0.449. The fourth-order valence-electron chi connectivity index (χ4n) is 3.22. The standard InChI is InChI=1S/C16H19F2N3O/c1-10-9-19-4-2-14(10)16(22)21-15(3-5-20-21)11-6-12(17)8-13(18)7-11/h5-8,10,14-15,19H,2-4,9H2,1H3. The van der Waals surface area contributed by atoms with Crippen molar-refractivity contribution < 1.29 is 13.6 Å². The second-order valence-corrected chi connectivity index (χ2v) is 6.01. The SMILES string of the molecule is CC1CNCCC1C(=O)N1N=CCC1c1cc(F)cc(F)c1. The highest BCUT2D eigenvalue weighted by Crippen LogP contribution is 2.33. The van der Waals surface area contributed by atoms with Gasteiger partial charge in [0.1, 0.15) is 11.6 Å². The molecule has 22 heavy (non-hydrogen) atoms. The highest BCUT2D eigenvalue weighted by molar-refractivity contribution is 5.82. The molecule has 3 atom stereocenters. The van der Waals surface area contributed by atoms with E-state index < -0.39 is 17.7 Å². The van der Waals surface area contributed by atoms with Gasteiger partial charge in [0.25, 0.3) is 0 Å². The average molecular weight is 307 g/mol. The first kappa shape index (κ1) is 15.1. The second kappa shape index (κ2) is 6.12. The number of rotatable bonds is 2. The quantitative estimate of drug-likeness (QED) is 0.912. The van der Waals surface area contributed by atoms with Crippen LogP contribution in [-0.2, 0) is 4.79 Å². The van der Waals surface area contributed by atoms with E-state index in [0.717, 1.165) is 25.6 Å². The van der Waals surface area contributed by atoms with Crippen molar-refractivity contribution in [2.24, 2.45) is 16.9 Å². The molecule has 1 saturated heterocycles. The molecular weight excluding hydrogens is 288 g/mol. The van der Waals surface area contributed by atoms with Gasteiger partial charge < -0.3 is 5.32 Å². The summed E-state index contributed by atoms with van der Waals surface area (Å²) in [5.74, 6) is -1.20. The molecule has 1 aromatic rings. The molecule has 1 aromatic carbocycles. The summed E-state index contributed by atoms with van der Waals surface area (Å²) in [7, 11) is 0. The molecule has 118 valence electrons. The van der Waals surface area contributed by atoms with Crippen molar-refractivity contribution in [1.82, 2.24) is 10.3 Å². The number of hydrogen-bond donors (Lipinski definition) is 1. The van der Waals surface area contributed by atoms with Crippen molar-refractivity contribution in [2.45, 2.75) is 25.8 Å². The van der Waals surface area contributed by atoms with Gasteiger partial charge in [0, 0.05) is 24.6 Å². The third-order valence-electron chi connectivity index (χ3n) is 4.43. The van der Waals surface area contributed by atoms with Crippen LogP contribution in [0.15, 0.2) is 23.3 Å². The summed E-state index contributed by atoms with van der Waals surface area (Å²) < 4.78 is 26.9. The lowest BCUT2D eigenvalue weighted by atomic mass is 9.86. The summed E-state index contributed by atoms with van der Waals surface area (Å²) in [6, 6.07) is 2.96. The lowest BCUT2D eigenvalue weighted by molar-refractivity contribution is -0.139. The molecule has 4 nitrogen and oxygen atoms in total. The summed E-state index contributed by atoms with van der Waals surface area (Å²) in [6.07, 6.45) is 2.88. The highest BCUT2D eigenvalue weighted by atomic mass is 19.1. The van der Waals surface area contributed by atoms with Crippen molar-refractivity contribution in [1.29, 1.82) is 0 Å². The molecule has 6 heteroatoms. The van der Waals surface area contributed by atoms with E-state index in [1.807, 2.05) is 6.92 Å². The van der Waals surface area contributed by atoms with Gasteiger partial charge in [0.15, 0.2) is 0 Å². The maximum atomic E-state index is 13.4. The van der Waals surface area contributed by atoms with Crippen molar-refractivity contribution >= 4 is 12.1 Å². The van der Waals surface area contributed by atoms with E-state index in [4.69, 9.17) is 0 Å². The Morgan fingerprint density at radius 1 is 1.32 bits per heavy atom. The van der Waals surface area contributed by atoms with Crippen LogP contribution < -0.4 is 5.32 Å². The molecule has 0 saturated carbocycles. The van der Waals surface area contributed by atoms with E-state index in [1.54, 1.807) is 6.21 Å². The Bertz CT molecular complexity index is 585. The maximum absolute atomic E-state index is 13.4. The van der Waals surface area contributed by atoms with Gasteiger partial charge in [0.2, 0.25) is 5.91 Å². The first-order chi connectivity index (χ1) is 10.6. The normalized spacial score (nSPS) is 28.1. The van der Waals surface area contributed by atoms with Crippen LogP contribution >= 0.6 is 0 Å². The van der Waals surface area contributed by atoms with Gasteiger partial charge in [-0.15, -0.1) is 0 Å². The van der Waals surface area contributed by atoms with Gasteiger partial charge in [-0.2, -0.15) is 5.10 Å². The topological polar surface area (TPSA) is 44.7 Å². The number of hydrogen-bond acceptors (Lipinski definition) is 3. The van der Waals surface area contributed by atoms with E-state index in [1.165, 1.54) is 17.1 Å². The smallest absolute Gasteiger partial charge is 0.246 e. The van der Waals surface area contributed by atoms with Gasteiger partial charge in [-0.3, -0.25) is 4.79 Å². The molecule has 0 aromatic heterocycles. The number of carbonyl (C=O) groups is 1. The predicted octanol–water partition coefficient (Wildman–Crippen LogP) is 2.47. The number of hydrazone groups is 1. The Hall–Kier alpha value is -1.82. The molecule has 1 amide bonds. The largest absolute Gasteiger partial charge is 0.316 e. The molecule has 0 spiro atoms. The van der Waals surface area contributed by atoms with E-state index in [2.05, 4.69) is 10.4 Å². The Morgan fingerprint density at radius 3 is 2.73 bits per heavy atom. The van der Waals surface area contributed by atoms with Gasteiger partial charge >= 0.3 is 0 Å². The summed E-state index contributed by atoms with van der Waals surface area (Å²) >= 11 is 0. The number of amides is 1. The van der Waals surface area contributed by atoms with Crippen LogP contribution in [0.3, 0.4) is 0 Å². The van der Waals surface area contributed by atoms with Crippen molar-refractivity contribution in [3.8, 4) is 0 Å². The molecule has 1 fully saturated rings. The molecule has 3 unspecified atom stereocenters. The number of nitrogens with zero attached hydrogens (tertiary/aromatic N) is 2. The number of piperidine rings is 1. The Balaban J connectivity index is 1.83. The fourth-order valence-corrected chi connectivity index (χ4v) is 3.22. The summed E-state index contributed by atoms with van der Waals surface area (Å²) in [4.78, 5) is 12.8. The minimum absolute atomic E-state index is 0.0579. The zero-order valence-electron chi connectivity index (χ0n) is 12.4. The van der Waals surface area contributed by atoms with Crippen LogP contribution in [0, 0.1) is 23.5 Å². The van der Waals surface area contributed by atoms with Gasteiger partial charge in [0.05, 0.1) is 6.04 Å². The summed E-state index contributed by atoms with van der Waals surface area (Å²) in [5, 5.41) is 8.82. The van der Waals surface area contributed by atoms with Crippen molar-refractivity contribution in [3.63, 3.8) is 0 Å². The van der Waals surface area contributed by atoms with E-state index >= 15 is 0 Å². The van der Waals surface area contributed by atoms with E-state index in [9.17, 15) is 13.6 Å². The van der Waals surface area contributed by atoms with Crippen LogP contribution in [-0.4, -0.2) is 30.2 Å². The molecule has 0 bridgehead atoms. The highest BCUT2D eigenvalue weighted by Gasteiger charge is 2.36. The van der Waals surface area contributed by atoms with Gasteiger partial charge in [-0.1, -0.05) is 6.92 Å². The zero-order chi connectivity index (χ0) is 15.7. The Labute approximate surface area is 128 Å². The third-order valence-corrected chi connectivity index (χ3v) is 4.43. The maximum Gasteiger partial charge on any atom is 0.246 e. The van der Waals surface area contributed by atoms with Crippen molar-refractivity contribution in [3.05, 3.63) is 35.4 Å². The minimum Gasteiger partial charge on any atom is -0.316 e. The van der Waals surface area contributed by atoms with Crippen molar-refractivity contribution in [2.75, 3.05) is 13.1 Å². The van der Waals surface area contributed by atoms with Crippen LogP contribution in [0.2, 0.25) is 0 Å². The lowest BCUT2D eigenvalue weighted by Gasteiger charge is -2.32. The number of nitrogens with one attached hydrogen (secondary N) is 1. The summed E-state index contributed by atoms with van der Waals surface area (Å²) in [6.45, 7) is 3.64. The van der Waals surface area contributed by atoms with Gasteiger partial charge in [-0.25, -0.2) is 13.8 Å². The molecule has 2 heterocycles. The minimum atomic E-state index is -0.635. The molecule has 0 aliphatic carbocycles. The molecule has 2 aliphatic rings. The number of benzene rings is 1. The number of carbonyl (C=O) groups excluding carboxylic acids is 1. The fraction of sp³-hybridized carbons (Fsp3) is 0.500. The van der Waals surface area contributed by atoms with Crippen LogP contribution in [0.1, 0.15) is 31.4 Å².